The highest BCUT2D eigenvalue weighted by Gasteiger charge is 2.14. The zero-order valence-electron chi connectivity index (χ0n) is 14.9. The highest BCUT2D eigenvalue weighted by Crippen LogP contribution is 2.17. The molecule has 1 amide bonds. The van der Waals surface area contributed by atoms with Crippen LogP contribution >= 0.6 is 12.4 Å². The molecule has 1 aromatic carbocycles. The number of carbonyl (C=O) groups excluding carboxylic acids is 1. The number of likely N-dealkylation sites (N-methyl/N-ethyl adjacent to an activating group) is 1. The third-order valence-electron chi connectivity index (χ3n) is 4.25. The van der Waals surface area contributed by atoms with Gasteiger partial charge in [0, 0.05) is 18.7 Å². The molecule has 0 atom stereocenters. The molecule has 0 saturated carbocycles. The summed E-state index contributed by atoms with van der Waals surface area (Å²) >= 11 is 0. The van der Waals surface area contributed by atoms with Crippen molar-refractivity contribution in [2.24, 2.45) is 0 Å². The Kier molecular flexibility index (Phi) is 7.84. The number of morpholine rings is 1. The minimum atomic E-state index is -0.104. The standard InChI is InChI=1S/C19H24N4O2.ClH/c1-20-9-8-15-4-2-3-5-17(15)19(24)22-16-6-7-18(21-14-16)23-10-12-25-13-11-23;/h2-7,14,20H,8-13H2,1H3,(H,22,24);1H. The van der Waals surface area contributed by atoms with E-state index in [2.05, 4.69) is 20.5 Å². The van der Waals surface area contributed by atoms with Crippen molar-refractivity contribution in [3.8, 4) is 0 Å². The van der Waals surface area contributed by atoms with Crippen LogP contribution in [0, 0.1) is 0 Å². The molecule has 6 nitrogen and oxygen atoms in total. The van der Waals surface area contributed by atoms with Gasteiger partial charge < -0.3 is 20.3 Å². The highest BCUT2D eigenvalue weighted by molar-refractivity contribution is 6.05. The zero-order valence-corrected chi connectivity index (χ0v) is 15.7. The second-order valence-electron chi connectivity index (χ2n) is 5.97. The monoisotopic (exact) mass is 376 g/mol. The van der Waals surface area contributed by atoms with Crippen molar-refractivity contribution in [3.63, 3.8) is 0 Å². The Balaban J connectivity index is 0.00000243. The van der Waals surface area contributed by atoms with E-state index in [0.29, 0.717) is 11.3 Å². The Hall–Kier alpha value is -2.15. The average Bonchev–Trinajstić information content (AvgIpc) is 2.68. The molecular weight excluding hydrogens is 352 g/mol. The number of aromatic nitrogens is 1. The van der Waals surface area contributed by atoms with Crippen molar-refractivity contribution in [2.45, 2.75) is 6.42 Å². The number of pyridine rings is 1. The fourth-order valence-corrected chi connectivity index (χ4v) is 2.86. The van der Waals surface area contributed by atoms with Gasteiger partial charge in [0.2, 0.25) is 0 Å². The first-order chi connectivity index (χ1) is 12.3. The lowest BCUT2D eigenvalue weighted by atomic mass is 10.0. The van der Waals surface area contributed by atoms with Crippen molar-refractivity contribution < 1.29 is 9.53 Å². The van der Waals surface area contributed by atoms with Crippen LogP contribution in [0.5, 0.6) is 0 Å². The van der Waals surface area contributed by atoms with Crippen LogP contribution in [0.4, 0.5) is 11.5 Å². The zero-order chi connectivity index (χ0) is 17.5. The number of hydrogen-bond donors (Lipinski definition) is 2. The van der Waals surface area contributed by atoms with Crippen LogP contribution in [0.2, 0.25) is 0 Å². The van der Waals surface area contributed by atoms with Crippen LogP contribution in [-0.4, -0.2) is 50.8 Å². The Bertz CT molecular complexity index is 703. The van der Waals surface area contributed by atoms with Gasteiger partial charge in [0.1, 0.15) is 5.82 Å². The molecule has 1 aliphatic rings. The molecule has 1 aliphatic heterocycles. The Morgan fingerprint density at radius 3 is 2.65 bits per heavy atom. The number of anilines is 2. The van der Waals surface area contributed by atoms with Gasteiger partial charge in [-0.25, -0.2) is 4.98 Å². The second-order valence-corrected chi connectivity index (χ2v) is 5.97. The lowest BCUT2D eigenvalue weighted by Gasteiger charge is -2.27. The van der Waals surface area contributed by atoms with E-state index in [9.17, 15) is 4.79 Å². The molecule has 0 spiro atoms. The van der Waals surface area contributed by atoms with Gasteiger partial charge in [-0.1, -0.05) is 18.2 Å². The van der Waals surface area contributed by atoms with Gasteiger partial charge in [0.05, 0.1) is 25.1 Å². The minimum absolute atomic E-state index is 0. The summed E-state index contributed by atoms with van der Waals surface area (Å²) in [5, 5.41) is 6.05. The van der Waals surface area contributed by atoms with E-state index in [0.717, 1.165) is 50.7 Å². The summed E-state index contributed by atoms with van der Waals surface area (Å²) in [6, 6.07) is 11.5. The fourth-order valence-electron chi connectivity index (χ4n) is 2.86. The third kappa shape index (κ3) is 5.17. The molecule has 1 fully saturated rings. The van der Waals surface area contributed by atoms with Crippen LogP contribution in [-0.2, 0) is 11.2 Å². The van der Waals surface area contributed by atoms with E-state index in [-0.39, 0.29) is 18.3 Å². The van der Waals surface area contributed by atoms with E-state index < -0.39 is 0 Å². The molecular formula is C19H25ClN4O2. The van der Waals surface area contributed by atoms with Crippen LogP contribution in [0.1, 0.15) is 15.9 Å². The maximum Gasteiger partial charge on any atom is 0.255 e. The predicted molar refractivity (Wildman–Crippen MR) is 107 cm³/mol. The maximum absolute atomic E-state index is 12.6. The molecule has 3 rings (SSSR count). The molecule has 7 heteroatoms. The molecule has 0 unspecified atom stereocenters. The first-order valence-corrected chi connectivity index (χ1v) is 8.60. The van der Waals surface area contributed by atoms with E-state index in [4.69, 9.17) is 4.74 Å². The van der Waals surface area contributed by atoms with Crippen molar-refractivity contribution in [2.75, 3.05) is 50.1 Å². The maximum atomic E-state index is 12.6. The van der Waals surface area contributed by atoms with Gasteiger partial charge in [-0.3, -0.25) is 4.79 Å². The number of ether oxygens (including phenoxy) is 1. The second kappa shape index (κ2) is 10.1. The van der Waals surface area contributed by atoms with Crippen LogP contribution < -0.4 is 15.5 Å². The molecule has 0 radical (unpaired) electrons. The Labute approximate surface area is 160 Å². The highest BCUT2D eigenvalue weighted by atomic mass is 35.5. The summed E-state index contributed by atoms with van der Waals surface area (Å²) in [5.41, 5.74) is 2.44. The molecule has 2 N–H and O–H groups in total. The van der Waals surface area contributed by atoms with Crippen molar-refractivity contribution in [3.05, 3.63) is 53.7 Å². The molecule has 2 aromatic rings. The number of benzene rings is 1. The molecule has 1 aromatic heterocycles. The predicted octanol–water partition coefficient (Wildman–Crippen LogP) is 2.35. The largest absolute Gasteiger partial charge is 0.378 e. The number of carbonyl (C=O) groups is 1. The first-order valence-electron chi connectivity index (χ1n) is 8.60. The number of halogens is 1. The van der Waals surface area contributed by atoms with Crippen molar-refractivity contribution in [1.82, 2.24) is 10.3 Å². The van der Waals surface area contributed by atoms with Gasteiger partial charge in [0.25, 0.3) is 5.91 Å². The van der Waals surface area contributed by atoms with Crippen molar-refractivity contribution in [1.29, 1.82) is 0 Å². The van der Waals surface area contributed by atoms with E-state index in [1.165, 1.54) is 0 Å². The van der Waals surface area contributed by atoms with E-state index >= 15 is 0 Å². The summed E-state index contributed by atoms with van der Waals surface area (Å²) in [4.78, 5) is 19.2. The quantitative estimate of drug-likeness (QED) is 0.810. The lowest BCUT2D eigenvalue weighted by Crippen LogP contribution is -2.36. The van der Waals surface area contributed by atoms with Crippen LogP contribution in [0.15, 0.2) is 42.6 Å². The van der Waals surface area contributed by atoms with Gasteiger partial charge in [-0.05, 0) is 43.8 Å². The third-order valence-corrected chi connectivity index (χ3v) is 4.25. The summed E-state index contributed by atoms with van der Waals surface area (Å²) in [6.45, 7) is 3.97. The molecule has 0 bridgehead atoms. The van der Waals surface area contributed by atoms with Crippen LogP contribution in [0.25, 0.3) is 0 Å². The Morgan fingerprint density at radius 1 is 1.19 bits per heavy atom. The molecule has 140 valence electrons. The van der Waals surface area contributed by atoms with Crippen molar-refractivity contribution >= 4 is 29.8 Å². The van der Waals surface area contributed by atoms with Gasteiger partial charge >= 0.3 is 0 Å². The topological polar surface area (TPSA) is 66.5 Å². The average molecular weight is 377 g/mol. The molecule has 0 aliphatic carbocycles. The minimum Gasteiger partial charge on any atom is -0.378 e. The summed E-state index contributed by atoms with van der Waals surface area (Å²) in [7, 11) is 1.91. The Morgan fingerprint density at radius 2 is 1.96 bits per heavy atom. The van der Waals surface area contributed by atoms with Crippen LogP contribution in [0.3, 0.4) is 0 Å². The fraction of sp³-hybridized carbons (Fsp3) is 0.368. The van der Waals surface area contributed by atoms with E-state index in [1.54, 1.807) is 6.20 Å². The molecule has 2 heterocycles. The van der Waals surface area contributed by atoms with Gasteiger partial charge in [0.15, 0.2) is 0 Å². The van der Waals surface area contributed by atoms with Gasteiger partial charge in [-0.2, -0.15) is 0 Å². The summed E-state index contributed by atoms with van der Waals surface area (Å²) in [6.07, 6.45) is 2.52. The number of rotatable bonds is 6. The van der Waals surface area contributed by atoms with E-state index in [1.807, 2.05) is 43.4 Å². The smallest absolute Gasteiger partial charge is 0.255 e. The number of nitrogens with zero attached hydrogens (tertiary/aromatic N) is 2. The molecule has 1 saturated heterocycles. The summed E-state index contributed by atoms with van der Waals surface area (Å²) in [5.74, 6) is 0.809. The van der Waals surface area contributed by atoms with Gasteiger partial charge in [-0.15, -0.1) is 12.4 Å². The normalized spacial score (nSPS) is 13.8. The SMILES string of the molecule is CNCCc1ccccc1C(=O)Nc1ccc(N2CCOCC2)nc1.Cl. The first kappa shape index (κ1) is 20.2. The molecule has 26 heavy (non-hydrogen) atoms. The number of amides is 1. The number of hydrogen-bond acceptors (Lipinski definition) is 5. The lowest BCUT2D eigenvalue weighted by molar-refractivity contribution is 0.102. The number of nitrogens with one attached hydrogen (secondary N) is 2. The summed E-state index contributed by atoms with van der Waals surface area (Å²) < 4.78 is 5.35.